The first-order chi connectivity index (χ1) is 9.06. The van der Waals surface area contributed by atoms with Gasteiger partial charge in [-0.25, -0.2) is 4.98 Å². The van der Waals surface area contributed by atoms with Crippen molar-refractivity contribution in [1.82, 2.24) is 10.3 Å². The first-order valence-electron chi connectivity index (χ1n) is 5.41. The molecule has 2 aromatic rings. The van der Waals surface area contributed by atoms with Gasteiger partial charge in [-0.2, -0.15) is 0 Å². The van der Waals surface area contributed by atoms with Gasteiger partial charge in [0.05, 0.1) is 9.36 Å². The zero-order chi connectivity index (χ0) is 13.8. The van der Waals surface area contributed by atoms with E-state index in [0.717, 1.165) is 9.21 Å². The van der Waals surface area contributed by atoms with Gasteiger partial charge in [-0.15, -0.1) is 11.3 Å². The minimum atomic E-state index is -0.338. The molecule has 0 fully saturated rings. The average molecular weight is 336 g/mol. The van der Waals surface area contributed by atoms with E-state index >= 15 is 0 Å². The number of halogens is 3. The van der Waals surface area contributed by atoms with Gasteiger partial charge >= 0.3 is 0 Å². The molecule has 0 aliphatic carbocycles. The van der Waals surface area contributed by atoms with Gasteiger partial charge in [0.25, 0.3) is 5.91 Å². The molecule has 0 radical (unpaired) electrons. The fourth-order valence-electron chi connectivity index (χ4n) is 1.45. The van der Waals surface area contributed by atoms with Crippen molar-refractivity contribution in [3.05, 3.63) is 49.3 Å². The molecule has 2 rings (SSSR count). The number of hydrogen-bond donors (Lipinski definition) is 1. The van der Waals surface area contributed by atoms with Crippen LogP contribution in [0.3, 0.4) is 0 Å². The number of thiophene rings is 1. The van der Waals surface area contributed by atoms with Crippen LogP contribution in [-0.2, 0) is 6.42 Å². The maximum Gasteiger partial charge on any atom is 0.271 e. The van der Waals surface area contributed by atoms with Crippen LogP contribution >= 0.6 is 46.1 Å². The minimum absolute atomic E-state index is 0.137. The quantitative estimate of drug-likeness (QED) is 0.856. The number of rotatable bonds is 4. The van der Waals surface area contributed by atoms with Gasteiger partial charge in [0.1, 0.15) is 10.8 Å². The molecular formula is C12H9Cl3N2OS. The monoisotopic (exact) mass is 334 g/mol. The topological polar surface area (TPSA) is 42.0 Å². The Morgan fingerprint density at radius 1 is 1.21 bits per heavy atom. The lowest BCUT2D eigenvalue weighted by Crippen LogP contribution is -2.26. The normalized spacial score (nSPS) is 10.5. The van der Waals surface area contributed by atoms with Crippen LogP contribution in [-0.4, -0.2) is 17.4 Å². The van der Waals surface area contributed by atoms with E-state index in [-0.39, 0.29) is 21.8 Å². The third kappa shape index (κ3) is 4.08. The first kappa shape index (κ1) is 14.6. The lowest BCUT2D eigenvalue weighted by molar-refractivity contribution is 0.0949. The average Bonchev–Trinajstić information content (AvgIpc) is 2.78. The van der Waals surface area contributed by atoms with Gasteiger partial charge in [0.2, 0.25) is 0 Å². The van der Waals surface area contributed by atoms with Crippen LogP contribution in [0.5, 0.6) is 0 Å². The number of carbonyl (C=O) groups excluding carboxylic acids is 1. The van der Waals surface area contributed by atoms with E-state index in [0.29, 0.717) is 13.0 Å². The lowest BCUT2D eigenvalue weighted by Gasteiger charge is -2.05. The summed E-state index contributed by atoms with van der Waals surface area (Å²) in [5.74, 6) is -0.338. The SMILES string of the molecule is O=C(NCCc1ccc(Cl)s1)c1nc(Cl)ccc1Cl. The molecule has 0 aromatic carbocycles. The van der Waals surface area contributed by atoms with Gasteiger partial charge in [-0.3, -0.25) is 4.79 Å². The van der Waals surface area contributed by atoms with Crippen molar-refractivity contribution in [2.75, 3.05) is 6.54 Å². The van der Waals surface area contributed by atoms with Crippen LogP contribution in [0.15, 0.2) is 24.3 Å². The number of nitrogens with zero attached hydrogens (tertiary/aromatic N) is 1. The van der Waals surface area contributed by atoms with Gasteiger partial charge in [-0.05, 0) is 30.7 Å². The summed E-state index contributed by atoms with van der Waals surface area (Å²) in [4.78, 5) is 16.9. The van der Waals surface area contributed by atoms with E-state index in [1.807, 2.05) is 12.1 Å². The van der Waals surface area contributed by atoms with Crippen molar-refractivity contribution in [2.45, 2.75) is 6.42 Å². The van der Waals surface area contributed by atoms with E-state index < -0.39 is 0 Å². The third-order valence-electron chi connectivity index (χ3n) is 2.31. The smallest absolute Gasteiger partial charge is 0.271 e. The van der Waals surface area contributed by atoms with E-state index in [1.54, 1.807) is 6.07 Å². The molecule has 1 N–H and O–H groups in total. The number of aromatic nitrogens is 1. The molecule has 0 bridgehead atoms. The summed E-state index contributed by atoms with van der Waals surface area (Å²) in [6, 6.07) is 6.85. The Kier molecular flexibility index (Phi) is 5.05. The van der Waals surface area contributed by atoms with Gasteiger partial charge < -0.3 is 5.32 Å². The van der Waals surface area contributed by atoms with Crippen LogP contribution in [0.2, 0.25) is 14.5 Å². The van der Waals surface area contributed by atoms with Crippen molar-refractivity contribution in [2.24, 2.45) is 0 Å². The maximum absolute atomic E-state index is 11.9. The molecule has 0 saturated heterocycles. The highest BCUT2D eigenvalue weighted by Crippen LogP contribution is 2.21. The molecule has 2 heterocycles. The largest absolute Gasteiger partial charge is 0.350 e. The molecular weight excluding hydrogens is 327 g/mol. The second-order valence-corrected chi connectivity index (χ2v) is 6.27. The Balaban J connectivity index is 1.92. The summed E-state index contributed by atoms with van der Waals surface area (Å²) in [6.45, 7) is 0.486. The van der Waals surface area contributed by atoms with Gasteiger partial charge in [-0.1, -0.05) is 34.8 Å². The summed E-state index contributed by atoms with van der Waals surface area (Å²) < 4.78 is 0.737. The number of amides is 1. The minimum Gasteiger partial charge on any atom is -0.350 e. The van der Waals surface area contributed by atoms with Gasteiger partial charge in [0, 0.05) is 11.4 Å². The summed E-state index contributed by atoms with van der Waals surface area (Å²) in [7, 11) is 0. The summed E-state index contributed by atoms with van der Waals surface area (Å²) in [5, 5.41) is 3.26. The molecule has 2 aromatic heterocycles. The van der Waals surface area contributed by atoms with Crippen molar-refractivity contribution in [3.63, 3.8) is 0 Å². The third-order valence-corrected chi connectivity index (χ3v) is 4.12. The second-order valence-electron chi connectivity index (χ2n) is 3.68. The van der Waals surface area contributed by atoms with Crippen LogP contribution in [0.1, 0.15) is 15.4 Å². The molecule has 0 aliphatic heterocycles. The summed E-state index contributed by atoms with van der Waals surface area (Å²) in [6.07, 6.45) is 0.710. The predicted molar refractivity (Wildman–Crippen MR) is 79.6 cm³/mol. The number of nitrogens with one attached hydrogen (secondary N) is 1. The van der Waals surface area contributed by atoms with Crippen molar-refractivity contribution in [1.29, 1.82) is 0 Å². The predicted octanol–water partition coefficient (Wildman–Crippen LogP) is 4.08. The Morgan fingerprint density at radius 2 is 2.00 bits per heavy atom. The van der Waals surface area contributed by atoms with Crippen molar-refractivity contribution >= 4 is 52.0 Å². The molecule has 0 aliphatic rings. The highest BCUT2D eigenvalue weighted by atomic mass is 35.5. The lowest BCUT2D eigenvalue weighted by atomic mass is 10.3. The van der Waals surface area contributed by atoms with Crippen molar-refractivity contribution < 1.29 is 4.79 Å². The van der Waals surface area contributed by atoms with E-state index in [2.05, 4.69) is 10.3 Å². The van der Waals surface area contributed by atoms with Crippen LogP contribution in [0.4, 0.5) is 0 Å². The fraction of sp³-hybridized carbons (Fsp3) is 0.167. The molecule has 0 atom stereocenters. The molecule has 7 heteroatoms. The van der Waals surface area contributed by atoms with E-state index in [9.17, 15) is 4.79 Å². The summed E-state index contributed by atoms with van der Waals surface area (Å²) >= 11 is 18.9. The molecule has 0 spiro atoms. The Labute approximate surface area is 129 Å². The summed E-state index contributed by atoms with van der Waals surface area (Å²) in [5.41, 5.74) is 0.137. The molecule has 0 saturated carbocycles. The maximum atomic E-state index is 11.9. The van der Waals surface area contributed by atoms with Crippen LogP contribution in [0.25, 0.3) is 0 Å². The highest BCUT2D eigenvalue weighted by molar-refractivity contribution is 7.16. The van der Waals surface area contributed by atoms with Crippen LogP contribution < -0.4 is 5.32 Å². The Bertz CT molecular complexity index is 600. The second kappa shape index (κ2) is 6.57. The van der Waals surface area contributed by atoms with E-state index in [4.69, 9.17) is 34.8 Å². The van der Waals surface area contributed by atoms with Crippen molar-refractivity contribution in [3.8, 4) is 0 Å². The van der Waals surface area contributed by atoms with E-state index in [1.165, 1.54) is 17.4 Å². The Morgan fingerprint density at radius 3 is 2.68 bits per heavy atom. The molecule has 0 unspecified atom stereocenters. The Hall–Kier alpha value is -0.810. The number of pyridine rings is 1. The zero-order valence-corrected chi connectivity index (χ0v) is 12.7. The zero-order valence-electron chi connectivity index (χ0n) is 9.62. The van der Waals surface area contributed by atoms with Gasteiger partial charge in [0.15, 0.2) is 0 Å². The molecule has 100 valence electrons. The molecule has 1 amide bonds. The fourth-order valence-corrected chi connectivity index (χ4v) is 2.87. The molecule has 3 nitrogen and oxygen atoms in total. The first-order valence-corrected chi connectivity index (χ1v) is 7.36. The number of carbonyl (C=O) groups is 1. The number of hydrogen-bond acceptors (Lipinski definition) is 3. The standard InChI is InChI=1S/C12H9Cl3N2OS/c13-8-2-3-9(14)17-11(8)12(18)16-6-5-7-1-4-10(15)19-7/h1-4H,5-6H2,(H,16,18). The van der Waals surface area contributed by atoms with Crippen LogP contribution in [0, 0.1) is 0 Å². The highest BCUT2D eigenvalue weighted by Gasteiger charge is 2.12. The molecule has 19 heavy (non-hydrogen) atoms.